The Morgan fingerprint density at radius 2 is 2.06 bits per heavy atom. The predicted octanol–water partition coefficient (Wildman–Crippen LogP) is 5.12. The van der Waals surface area contributed by atoms with Gasteiger partial charge in [0.05, 0.1) is 18.8 Å². The van der Waals surface area contributed by atoms with Gasteiger partial charge in [0.1, 0.15) is 6.10 Å². The quantitative estimate of drug-likeness (QED) is 0.555. The number of aliphatic hydroxyl groups is 2. The molecular formula is C28H43F2NO3. The molecule has 4 rings (SSSR count). The fraction of sp³-hybridized carbons (Fsp3) is 0.786. The van der Waals surface area contributed by atoms with Gasteiger partial charge in [-0.1, -0.05) is 38.2 Å². The summed E-state index contributed by atoms with van der Waals surface area (Å²) in [6, 6.07) is 0. The zero-order valence-electron chi connectivity index (χ0n) is 20.9. The Hall–Kier alpha value is -1.08. The number of aliphatic hydroxyl groups excluding tert-OH is 2. The van der Waals surface area contributed by atoms with Crippen molar-refractivity contribution in [3.63, 3.8) is 0 Å². The summed E-state index contributed by atoms with van der Waals surface area (Å²) in [6.07, 6.45) is 7.83. The second-order valence-corrected chi connectivity index (χ2v) is 11.5. The van der Waals surface area contributed by atoms with Crippen LogP contribution in [0, 0.1) is 23.2 Å². The van der Waals surface area contributed by atoms with Gasteiger partial charge in [-0.25, -0.2) is 8.78 Å². The minimum Gasteiger partial charge on any atom is -0.393 e. The van der Waals surface area contributed by atoms with Gasteiger partial charge in [0, 0.05) is 19.5 Å². The first-order valence-electron chi connectivity index (χ1n) is 13.3. The van der Waals surface area contributed by atoms with Crippen LogP contribution in [0.25, 0.3) is 0 Å². The molecule has 3 saturated carbocycles. The van der Waals surface area contributed by atoms with Gasteiger partial charge in [0.15, 0.2) is 0 Å². The number of morpholine rings is 1. The molecule has 34 heavy (non-hydrogen) atoms. The molecule has 0 amide bonds. The van der Waals surface area contributed by atoms with Crippen molar-refractivity contribution >= 4 is 0 Å². The Kier molecular flexibility index (Phi) is 8.33. The van der Waals surface area contributed by atoms with Gasteiger partial charge in [-0.2, -0.15) is 0 Å². The number of allylic oxidation sites excluding steroid dienone is 3. The first-order chi connectivity index (χ1) is 16.2. The van der Waals surface area contributed by atoms with E-state index in [1.165, 1.54) is 31.3 Å². The zero-order valence-corrected chi connectivity index (χ0v) is 20.9. The van der Waals surface area contributed by atoms with Crippen LogP contribution in [-0.2, 0) is 4.74 Å². The van der Waals surface area contributed by atoms with Crippen molar-refractivity contribution in [3.05, 3.63) is 35.5 Å². The van der Waals surface area contributed by atoms with Crippen molar-refractivity contribution in [2.24, 2.45) is 23.2 Å². The Bertz CT molecular complexity index is 797. The minimum atomic E-state index is -2.41. The summed E-state index contributed by atoms with van der Waals surface area (Å²) in [5.41, 5.74) is 3.50. The molecule has 0 aromatic carbocycles. The molecule has 6 heteroatoms. The average Bonchev–Trinajstić information content (AvgIpc) is 3.16. The normalized spacial score (nSPS) is 40.8. The van der Waals surface area contributed by atoms with E-state index in [1.807, 2.05) is 0 Å². The van der Waals surface area contributed by atoms with Crippen LogP contribution in [0.5, 0.6) is 0 Å². The van der Waals surface area contributed by atoms with Crippen LogP contribution in [0.2, 0.25) is 0 Å². The maximum Gasteiger partial charge on any atom is 0.265 e. The molecule has 2 N–H and O–H groups in total. The van der Waals surface area contributed by atoms with Gasteiger partial charge in [-0.05, 0) is 85.8 Å². The summed E-state index contributed by atoms with van der Waals surface area (Å²) >= 11 is 0. The van der Waals surface area contributed by atoms with Crippen LogP contribution in [0.3, 0.4) is 0 Å². The molecule has 4 nitrogen and oxygen atoms in total. The van der Waals surface area contributed by atoms with Gasteiger partial charge in [0.2, 0.25) is 0 Å². The molecule has 0 bridgehead atoms. The van der Waals surface area contributed by atoms with E-state index in [4.69, 9.17) is 4.74 Å². The number of rotatable bonds is 6. The standard InChI is InChI=1S/C28H43F2NO3/c1-18(10-12-31-13-14-34-26(17-31)27(29)30)23-8-9-24-20(5-4-11-28(23,24)3)6-7-21-15-22(32)16-25(33)19(21)2/h6-7,18,22-27,32-33H,2,4-5,8-17H2,1,3H3/b20-6+,21-7-/t18?,22-,23-,24+,25+,26-,28-/m1/s1. The highest BCUT2D eigenvalue weighted by Crippen LogP contribution is 2.59. The molecule has 1 heterocycles. The molecule has 192 valence electrons. The van der Waals surface area contributed by atoms with Gasteiger partial charge >= 0.3 is 0 Å². The second kappa shape index (κ2) is 10.9. The van der Waals surface area contributed by atoms with Gasteiger partial charge in [-0.15, -0.1) is 0 Å². The average molecular weight is 480 g/mol. The summed E-state index contributed by atoms with van der Waals surface area (Å²) in [6.45, 7) is 11.2. The molecule has 7 atom stereocenters. The van der Waals surface area contributed by atoms with E-state index in [2.05, 4.69) is 37.5 Å². The summed E-state index contributed by atoms with van der Waals surface area (Å²) in [5, 5.41) is 20.2. The summed E-state index contributed by atoms with van der Waals surface area (Å²) in [4.78, 5) is 2.16. The Morgan fingerprint density at radius 1 is 1.26 bits per heavy atom. The van der Waals surface area contributed by atoms with Crippen molar-refractivity contribution in [1.29, 1.82) is 0 Å². The molecule has 0 aromatic heterocycles. The predicted molar refractivity (Wildman–Crippen MR) is 131 cm³/mol. The number of nitrogens with zero attached hydrogens (tertiary/aromatic N) is 1. The third-order valence-electron chi connectivity index (χ3n) is 9.35. The van der Waals surface area contributed by atoms with Crippen LogP contribution >= 0.6 is 0 Å². The molecule has 1 aliphatic heterocycles. The van der Waals surface area contributed by atoms with Crippen LogP contribution < -0.4 is 0 Å². The SMILES string of the molecule is C=C1/C(=C\C=C2/CCC[C@]3(C)[C@@H](C(C)CCN4CCO[C@@H](C(F)F)C4)CC[C@@H]23)C[C@@H](O)C[C@@H]1O. The fourth-order valence-electron chi connectivity index (χ4n) is 7.35. The Balaban J connectivity index is 1.39. The van der Waals surface area contributed by atoms with E-state index in [0.29, 0.717) is 43.7 Å². The monoisotopic (exact) mass is 479 g/mol. The summed E-state index contributed by atoms with van der Waals surface area (Å²) in [5.74, 6) is 1.78. The van der Waals surface area contributed by atoms with Crippen molar-refractivity contribution < 1.29 is 23.7 Å². The maximum atomic E-state index is 13.1. The van der Waals surface area contributed by atoms with Gasteiger partial charge in [0.25, 0.3) is 6.43 Å². The van der Waals surface area contributed by atoms with Crippen LogP contribution in [0.15, 0.2) is 35.5 Å². The topological polar surface area (TPSA) is 52.9 Å². The van der Waals surface area contributed by atoms with Crippen LogP contribution in [0.4, 0.5) is 8.78 Å². The number of fused-ring (bicyclic) bond motifs is 1. The molecular weight excluding hydrogens is 436 g/mol. The third-order valence-corrected chi connectivity index (χ3v) is 9.35. The number of hydrogen-bond donors (Lipinski definition) is 2. The molecule has 0 radical (unpaired) electrons. The lowest BCUT2D eigenvalue weighted by Gasteiger charge is -2.45. The van der Waals surface area contributed by atoms with Gasteiger partial charge in [-0.3, -0.25) is 4.90 Å². The van der Waals surface area contributed by atoms with Crippen LogP contribution in [0.1, 0.15) is 65.2 Å². The highest BCUT2D eigenvalue weighted by Gasteiger charge is 2.50. The highest BCUT2D eigenvalue weighted by atomic mass is 19.3. The molecule has 4 fully saturated rings. The number of alkyl halides is 2. The van der Waals surface area contributed by atoms with E-state index in [1.54, 1.807) is 0 Å². The van der Waals surface area contributed by atoms with E-state index in [0.717, 1.165) is 37.1 Å². The Labute approximate surface area is 203 Å². The lowest BCUT2D eigenvalue weighted by Crippen LogP contribution is -2.46. The number of halogens is 2. The lowest BCUT2D eigenvalue weighted by molar-refractivity contribution is -0.103. The lowest BCUT2D eigenvalue weighted by atomic mass is 9.61. The van der Waals surface area contributed by atoms with Crippen molar-refractivity contribution in [3.8, 4) is 0 Å². The smallest absolute Gasteiger partial charge is 0.265 e. The fourth-order valence-corrected chi connectivity index (χ4v) is 7.35. The van der Waals surface area contributed by atoms with E-state index in [9.17, 15) is 19.0 Å². The second-order valence-electron chi connectivity index (χ2n) is 11.5. The Morgan fingerprint density at radius 3 is 2.82 bits per heavy atom. The van der Waals surface area contributed by atoms with Crippen molar-refractivity contribution in [1.82, 2.24) is 4.90 Å². The minimum absolute atomic E-state index is 0.279. The van der Waals surface area contributed by atoms with Crippen molar-refractivity contribution in [2.75, 3.05) is 26.2 Å². The van der Waals surface area contributed by atoms with E-state index in [-0.39, 0.29) is 5.41 Å². The van der Waals surface area contributed by atoms with E-state index >= 15 is 0 Å². The van der Waals surface area contributed by atoms with E-state index < -0.39 is 24.7 Å². The molecule has 0 spiro atoms. The first kappa shape index (κ1) is 26.0. The van der Waals surface area contributed by atoms with Crippen LogP contribution in [-0.4, -0.2) is 66.1 Å². The number of ether oxygens (including phenoxy) is 1. The first-order valence-corrected chi connectivity index (χ1v) is 13.3. The largest absolute Gasteiger partial charge is 0.393 e. The molecule has 4 aliphatic rings. The number of hydrogen-bond acceptors (Lipinski definition) is 4. The zero-order chi connectivity index (χ0) is 24.5. The molecule has 3 aliphatic carbocycles. The summed E-state index contributed by atoms with van der Waals surface area (Å²) < 4.78 is 31.3. The highest BCUT2D eigenvalue weighted by molar-refractivity contribution is 5.38. The maximum absolute atomic E-state index is 13.1. The summed E-state index contributed by atoms with van der Waals surface area (Å²) in [7, 11) is 0. The molecule has 0 aromatic rings. The van der Waals surface area contributed by atoms with Crippen molar-refractivity contribution in [2.45, 2.75) is 90.0 Å². The third kappa shape index (κ3) is 5.50. The van der Waals surface area contributed by atoms with Gasteiger partial charge < -0.3 is 14.9 Å². The molecule has 1 saturated heterocycles. The molecule has 1 unspecified atom stereocenters.